The highest BCUT2D eigenvalue weighted by Gasteiger charge is 2.58. The van der Waals surface area contributed by atoms with Gasteiger partial charge in [-0.2, -0.15) is 0 Å². The molecule has 0 saturated carbocycles. The van der Waals surface area contributed by atoms with Crippen molar-refractivity contribution in [3.05, 3.63) is 0 Å². The molecule has 5 fully saturated rings. The predicted octanol–water partition coefficient (Wildman–Crippen LogP) is -12.1. The summed E-state index contributed by atoms with van der Waals surface area (Å²) in [7, 11) is 0. The SMILES string of the molecule is CC(=O)N[C@H]1[C@H](OC2[C@@H](O)[C@H](O[C@@H]([C@H](O[C@@H]3O[C@@H](C)[C@@H](O)C(O)[C@@H]3O)[C@@H](O)C=O)[C@H](O)CO)O[C@H](CO)[C@H]2O)O[C@H](CO)[C@@H](O[C@@H]2O[C@@H](C)[C@@H](O)C(O)[C@@H]2O)[C@@H]1O[C@@H]1O[C@H](CO)[C@H](O)C(O)[C@H]1O. The van der Waals surface area contributed by atoms with Gasteiger partial charge >= 0.3 is 0 Å². The predicted molar refractivity (Wildman–Crippen MR) is 209 cm³/mol. The van der Waals surface area contributed by atoms with Crippen LogP contribution < -0.4 is 5.32 Å². The lowest BCUT2D eigenvalue weighted by molar-refractivity contribution is -0.389. The molecular weight excluding hydrogens is 934 g/mol. The van der Waals surface area contributed by atoms with Crippen molar-refractivity contribution >= 4 is 12.2 Å². The van der Waals surface area contributed by atoms with E-state index in [0.29, 0.717) is 0 Å². The van der Waals surface area contributed by atoms with Gasteiger partial charge in [0.1, 0.15) is 134 Å². The van der Waals surface area contributed by atoms with Crippen molar-refractivity contribution in [3.63, 3.8) is 0 Å². The summed E-state index contributed by atoms with van der Waals surface area (Å²) in [6, 6.07) is -1.85. The molecule has 29 atom stereocenters. The molecule has 396 valence electrons. The fraction of sp³-hybridized carbons (Fsp3) is 0.947. The Morgan fingerprint density at radius 2 is 0.941 bits per heavy atom. The largest absolute Gasteiger partial charge is 0.394 e. The minimum atomic E-state index is -2.34. The van der Waals surface area contributed by atoms with Gasteiger partial charge in [-0.25, -0.2) is 0 Å². The van der Waals surface area contributed by atoms with Crippen molar-refractivity contribution in [1.29, 1.82) is 0 Å². The summed E-state index contributed by atoms with van der Waals surface area (Å²) in [6.07, 6.45) is -54.2. The molecule has 1 amide bonds. The Morgan fingerprint density at radius 1 is 0.515 bits per heavy atom. The van der Waals surface area contributed by atoms with Crippen LogP contribution >= 0.6 is 0 Å². The van der Waals surface area contributed by atoms with Crippen LogP contribution in [0.5, 0.6) is 0 Å². The summed E-state index contributed by atoms with van der Waals surface area (Å²) in [5.74, 6) is -0.900. The lowest BCUT2D eigenvalue weighted by Crippen LogP contribution is -2.71. The summed E-state index contributed by atoms with van der Waals surface area (Å²) < 4.78 is 57.6. The molecule has 68 heavy (non-hydrogen) atoms. The highest BCUT2D eigenvalue weighted by atomic mass is 16.8. The fourth-order valence-corrected chi connectivity index (χ4v) is 8.33. The number of rotatable bonds is 19. The molecule has 30 heteroatoms. The van der Waals surface area contributed by atoms with Gasteiger partial charge in [-0.1, -0.05) is 0 Å². The van der Waals surface area contributed by atoms with Gasteiger partial charge in [0, 0.05) is 6.92 Å². The van der Waals surface area contributed by atoms with E-state index < -0.39 is 210 Å². The molecule has 0 spiro atoms. The van der Waals surface area contributed by atoms with Crippen molar-refractivity contribution in [3.8, 4) is 0 Å². The monoisotopic (exact) mass is 999 g/mol. The molecule has 0 radical (unpaired) electrons. The highest BCUT2D eigenvalue weighted by molar-refractivity contribution is 5.73. The lowest BCUT2D eigenvalue weighted by Gasteiger charge is -2.51. The lowest BCUT2D eigenvalue weighted by atomic mass is 9.93. The smallest absolute Gasteiger partial charge is 0.217 e. The normalized spacial score (nSPS) is 47.7. The van der Waals surface area contributed by atoms with Gasteiger partial charge in [0.15, 0.2) is 37.7 Å². The standard InChI is InChI=1S/C38H65NO29/c1-9-18(48)22(52)25(55)35(59-9)64-29(12(46)4-40)30(13(47)5-41)65-38-28(58)33(21(51)15(7-43)62-38)68-34-17(39-11(3)45)32(67-37-27(57)24(54)20(50)14(6-42)61-37)31(16(8-44)63-34)66-36-26(56)23(53)19(49)10(2)60-36/h4,9-10,12-38,41-44,46-58H,5-8H2,1-3H3,(H,39,45)/t9-,10-,12-,13+,14+,15+,16+,17+,18+,19+,20-,21+,22?,23?,24?,25-,26-,27+,28+,29+,30+,31+,32+,33?,34-,35-,36-,37-,38-/m0/s1. The van der Waals surface area contributed by atoms with E-state index in [1.54, 1.807) is 0 Å². The molecule has 5 aliphatic rings. The average Bonchev–Trinajstić information content (AvgIpc) is 3.31. The van der Waals surface area contributed by atoms with E-state index in [1.165, 1.54) is 13.8 Å². The molecule has 0 aliphatic carbocycles. The van der Waals surface area contributed by atoms with Crippen molar-refractivity contribution in [2.75, 3.05) is 26.4 Å². The molecule has 18 N–H and O–H groups in total. The summed E-state index contributed by atoms with van der Waals surface area (Å²) in [5, 5.41) is 183. The van der Waals surface area contributed by atoms with Crippen LogP contribution in [0.25, 0.3) is 0 Å². The Bertz CT molecular complexity index is 1570. The first-order valence-electron chi connectivity index (χ1n) is 21.6. The molecule has 0 aromatic rings. The van der Waals surface area contributed by atoms with Crippen LogP contribution in [0, 0.1) is 0 Å². The first-order chi connectivity index (χ1) is 32.0. The summed E-state index contributed by atoms with van der Waals surface area (Å²) in [4.78, 5) is 24.9. The van der Waals surface area contributed by atoms with Crippen LogP contribution in [0.2, 0.25) is 0 Å². The molecule has 0 aromatic heterocycles. The topological polar surface area (TPSA) is 482 Å². The number of carbonyl (C=O) groups excluding carboxylic acids is 2. The van der Waals surface area contributed by atoms with Crippen LogP contribution in [0.1, 0.15) is 20.8 Å². The van der Waals surface area contributed by atoms with Crippen molar-refractivity contribution in [2.24, 2.45) is 0 Å². The molecule has 5 heterocycles. The Labute approximate surface area is 386 Å². The fourth-order valence-electron chi connectivity index (χ4n) is 8.33. The second-order valence-electron chi connectivity index (χ2n) is 17.1. The van der Waals surface area contributed by atoms with Crippen LogP contribution in [0.3, 0.4) is 0 Å². The molecule has 5 saturated heterocycles. The molecule has 5 rings (SSSR count). The van der Waals surface area contributed by atoms with Crippen LogP contribution in [0.15, 0.2) is 0 Å². The van der Waals surface area contributed by atoms with E-state index in [9.17, 15) is 96.4 Å². The number of hydrogen-bond donors (Lipinski definition) is 18. The van der Waals surface area contributed by atoms with Crippen molar-refractivity contribution in [2.45, 2.75) is 199 Å². The van der Waals surface area contributed by atoms with Gasteiger partial charge < -0.3 is 144 Å². The summed E-state index contributed by atoms with van der Waals surface area (Å²) in [5.41, 5.74) is 0. The van der Waals surface area contributed by atoms with E-state index >= 15 is 0 Å². The number of hydrogen-bond acceptors (Lipinski definition) is 29. The molecular formula is C38H65NO29. The quantitative estimate of drug-likeness (QED) is 0.0534. The zero-order valence-electron chi connectivity index (χ0n) is 36.7. The first-order valence-corrected chi connectivity index (χ1v) is 21.6. The third-order valence-electron chi connectivity index (χ3n) is 12.3. The summed E-state index contributed by atoms with van der Waals surface area (Å²) in [6.45, 7) is -0.756. The van der Waals surface area contributed by atoms with Crippen LogP contribution in [-0.2, 0) is 57.0 Å². The highest BCUT2D eigenvalue weighted by Crippen LogP contribution is 2.37. The van der Waals surface area contributed by atoms with Gasteiger partial charge in [-0.15, -0.1) is 0 Å². The Kier molecular flexibility index (Phi) is 20.7. The maximum Gasteiger partial charge on any atom is 0.217 e. The molecule has 5 aliphatic heterocycles. The molecule has 30 nitrogen and oxygen atoms in total. The molecule has 0 aromatic carbocycles. The first kappa shape index (κ1) is 57.0. The Morgan fingerprint density at radius 3 is 1.47 bits per heavy atom. The van der Waals surface area contributed by atoms with Crippen molar-refractivity contribution < 1.29 is 144 Å². The molecule has 0 bridgehead atoms. The van der Waals surface area contributed by atoms with Crippen LogP contribution in [0.4, 0.5) is 0 Å². The molecule has 4 unspecified atom stereocenters. The number of aliphatic hydroxyl groups excluding tert-OH is 17. The van der Waals surface area contributed by atoms with Crippen molar-refractivity contribution in [1.82, 2.24) is 5.32 Å². The number of ether oxygens (including phenoxy) is 10. The van der Waals surface area contributed by atoms with Gasteiger partial charge in [-0.05, 0) is 13.8 Å². The third-order valence-corrected chi connectivity index (χ3v) is 12.3. The second-order valence-corrected chi connectivity index (χ2v) is 17.1. The van der Waals surface area contributed by atoms with E-state index in [1.807, 2.05) is 0 Å². The maximum atomic E-state index is 12.9. The van der Waals surface area contributed by atoms with E-state index in [2.05, 4.69) is 5.32 Å². The van der Waals surface area contributed by atoms with Gasteiger partial charge in [0.2, 0.25) is 5.91 Å². The number of aliphatic hydroxyl groups is 17. The minimum Gasteiger partial charge on any atom is -0.394 e. The zero-order chi connectivity index (χ0) is 50.6. The van der Waals surface area contributed by atoms with E-state index in [4.69, 9.17) is 47.4 Å². The Hall–Kier alpha value is -1.94. The number of aldehydes is 1. The van der Waals surface area contributed by atoms with E-state index in [-0.39, 0.29) is 6.29 Å². The Balaban J connectivity index is 1.51. The van der Waals surface area contributed by atoms with Gasteiger partial charge in [0.05, 0.1) is 38.6 Å². The summed E-state index contributed by atoms with van der Waals surface area (Å²) >= 11 is 0. The van der Waals surface area contributed by atoms with Crippen LogP contribution in [-0.4, -0.2) is 303 Å². The zero-order valence-corrected chi connectivity index (χ0v) is 36.7. The van der Waals surface area contributed by atoms with Gasteiger partial charge in [0.25, 0.3) is 0 Å². The van der Waals surface area contributed by atoms with E-state index in [0.717, 1.165) is 6.92 Å². The maximum absolute atomic E-state index is 12.9. The second kappa shape index (κ2) is 24.7. The number of carbonyl (C=O) groups is 2. The third kappa shape index (κ3) is 12.3. The number of nitrogens with one attached hydrogen (secondary N) is 1. The average molecular weight is 1000 g/mol. The van der Waals surface area contributed by atoms with Gasteiger partial charge in [-0.3, -0.25) is 4.79 Å². The minimum absolute atomic E-state index is 0.119. The number of amides is 1.